The molecule has 2 aromatic heterocycles. The van der Waals surface area contributed by atoms with Gasteiger partial charge in [0.15, 0.2) is 11.6 Å². The first kappa shape index (κ1) is 29.0. The molecule has 4 nitrogen and oxygen atoms in total. The lowest BCUT2D eigenvalue weighted by Crippen LogP contribution is -2.06. The molecular weight excluding hydrogens is 621 g/mol. The van der Waals surface area contributed by atoms with Crippen molar-refractivity contribution in [2.45, 2.75) is 0 Å². The number of benzene rings is 8. The van der Waals surface area contributed by atoms with Gasteiger partial charge >= 0.3 is 0 Å². The van der Waals surface area contributed by atoms with E-state index in [0.717, 1.165) is 33.3 Å². The molecule has 238 valence electrons. The molecule has 10 aromatic rings. The third kappa shape index (κ3) is 4.96. The Labute approximate surface area is 295 Å². The summed E-state index contributed by atoms with van der Waals surface area (Å²) < 4.78 is 2.22. The zero-order chi connectivity index (χ0) is 33.7. The van der Waals surface area contributed by atoms with Crippen LogP contribution < -0.4 is 0 Å². The Kier molecular flexibility index (Phi) is 6.78. The van der Waals surface area contributed by atoms with Gasteiger partial charge in [-0.25, -0.2) is 4.98 Å². The normalized spacial score (nSPS) is 11.5. The molecule has 0 amide bonds. The smallest absolute Gasteiger partial charge is 0.238 e. The number of rotatable bonds is 5. The lowest BCUT2D eigenvalue weighted by molar-refractivity contribution is 0.954. The maximum absolute atomic E-state index is 5.24. The summed E-state index contributed by atoms with van der Waals surface area (Å²) in [5.74, 6) is 1.83. The molecule has 51 heavy (non-hydrogen) atoms. The molecule has 4 heteroatoms. The molecule has 0 aliphatic carbocycles. The maximum atomic E-state index is 5.24. The Balaban J connectivity index is 1.23. The van der Waals surface area contributed by atoms with Gasteiger partial charge < -0.3 is 0 Å². The van der Waals surface area contributed by atoms with Gasteiger partial charge in [-0.1, -0.05) is 170 Å². The van der Waals surface area contributed by atoms with Crippen molar-refractivity contribution in [1.29, 1.82) is 0 Å². The second-order valence-electron chi connectivity index (χ2n) is 12.9. The summed E-state index contributed by atoms with van der Waals surface area (Å²) in [5, 5.41) is 7.21. The van der Waals surface area contributed by atoms with E-state index in [0.29, 0.717) is 17.6 Å². The maximum Gasteiger partial charge on any atom is 0.238 e. The lowest BCUT2D eigenvalue weighted by atomic mass is 10.00. The second-order valence-corrected chi connectivity index (χ2v) is 12.9. The molecule has 0 atom stereocenters. The van der Waals surface area contributed by atoms with E-state index in [1.165, 1.54) is 43.4 Å². The largest absolute Gasteiger partial charge is 0.278 e. The van der Waals surface area contributed by atoms with E-state index in [4.69, 9.17) is 15.0 Å². The summed E-state index contributed by atoms with van der Waals surface area (Å²) in [7, 11) is 0. The van der Waals surface area contributed by atoms with Crippen LogP contribution in [0.5, 0.6) is 0 Å². The third-order valence-electron chi connectivity index (χ3n) is 9.87. The van der Waals surface area contributed by atoms with E-state index in [9.17, 15) is 0 Å². The van der Waals surface area contributed by atoms with Gasteiger partial charge in [0.05, 0.1) is 11.0 Å². The monoisotopic (exact) mass is 650 g/mol. The first-order valence-electron chi connectivity index (χ1n) is 17.2. The summed E-state index contributed by atoms with van der Waals surface area (Å²) >= 11 is 0. The highest BCUT2D eigenvalue weighted by atomic mass is 15.2. The van der Waals surface area contributed by atoms with Crippen LogP contribution in [-0.2, 0) is 0 Å². The third-order valence-corrected chi connectivity index (χ3v) is 9.87. The molecule has 0 radical (unpaired) electrons. The van der Waals surface area contributed by atoms with Crippen molar-refractivity contribution < 1.29 is 0 Å². The van der Waals surface area contributed by atoms with Crippen molar-refractivity contribution in [3.8, 4) is 51.0 Å². The van der Waals surface area contributed by atoms with Gasteiger partial charge in [-0.05, 0) is 55.9 Å². The Morgan fingerprint density at radius 2 is 0.667 bits per heavy atom. The van der Waals surface area contributed by atoms with E-state index < -0.39 is 0 Å². The molecular formula is C47H30N4. The molecule has 0 spiro atoms. The highest BCUT2D eigenvalue weighted by Gasteiger charge is 2.21. The SMILES string of the molecule is c1ccc(-c2ccc(-c3nc(-c4ccc(-c5ccccc5)cc4)nc(-n4c5ccc6ccccc6c5c5c6ccccc6ccc54)n3)cc2)cc1. The Bertz CT molecular complexity index is 2680. The van der Waals surface area contributed by atoms with Crippen molar-refractivity contribution in [3.63, 3.8) is 0 Å². The predicted octanol–water partition coefficient (Wildman–Crippen LogP) is 11.9. The van der Waals surface area contributed by atoms with E-state index in [2.05, 4.69) is 174 Å². The highest BCUT2D eigenvalue weighted by Crippen LogP contribution is 2.40. The summed E-state index contributed by atoms with van der Waals surface area (Å²) in [6.07, 6.45) is 0. The Hall–Kier alpha value is -6.91. The molecule has 10 rings (SSSR count). The van der Waals surface area contributed by atoms with Gasteiger partial charge in [0, 0.05) is 21.9 Å². The van der Waals surface area contributed by atoms with Gasteiger partial charge in [-0.15, -0.1) is 0 Å². The molecule has 0 aliphatic rings. The van der Waals surface area contributed by atoms with Gasteiger partial charge in [-0.2, -0.15) is 9.97 Å². The van der Waals surface area contributed by atoms with Gasteiger partial charge in [-0.3, -0.25) is 4.57 Å². The quantitative estimate of drug-likeness (QED) is 0.186. The Morgan fingerprint density at radius 1 is 0.294 bits per heavy atom. The van der Waals surface area contributed by atoms with Crippen LogP contribution in [0.3, 0.4) is 0 Å². The number of aromatic nitrogens is 4. The first-order valence-corrected chi connectivity index (χ1v) is 17.2. The van der Waals surface area contributed by atoms with Crippen molar-refractivity contribution >= 4 is 43.4 Å². The van der Waals surface area contributed by atoms with Crippen LogP contribution in [-0.4, -0.2) is 19.5 Å². The summed E-state index contributed by atoms with van der Waals surface area (Å²) in [5.41, 5.74) is 8.60. The number of fused-ring (bicyclic) bond motifs is 7. The Morgan fingerprint density at radius 3 is 1.12 bits per heavy atom. The standard InChI is InChI=1S/C47H30N4/c1-3-11-31(12-4-1)33-19-23-37(24-20-33)45-48-46(38-25-21-34(22-26-38)32-13-5-2-6-14-32)50-47(49-45)51-41-29-27-35-15-7-9-17-39(35)43(41)44-40-18-10-8-16-36(40)28-30-42(44)51/h1-30H. The van der Waals surface area contributed by atoms with Crippen LogP contribution >= 0.6 is 0 Å². The fourth-order valence-electron chi connectivity index (χ4n) is 7.37. The second kappa shape index (κ2) is 11.9. The molecule has 0 N–H and O–H groups in total. The fourth-order valence-corrected chi connectivity index (χ4v) is 7.37. The molecule has 0 unspecified atom stereocenters. The lowest BCUT2D eigenvalue weighted by Gasteiger charge is -2.12. The first-order chi connectivity index (χ1) is 25.3. The van der Waals surface area contributed by atoms with Crippen molar-refractivity contribution in [2.75, 3.05) is 0 Å². The average molecular weight is 651 g/mol. The van der Waals surface area contributed by atoms with Crippen molar-refractivity contribution in [3.05, 3.63) is 182 Å². The minimum atomic E-state index is 0.583. The molecule has 0 fully saturated rings. The van der Waals surface area contributed by atoms with Gasteiger partial charge in [0.1, 0.15) is 0 Å². The molecule has 0 aliphatic heterocycles. The van der Waals surface area contributed by atoms with Crippen LogP contribution in [0, 0.1) is 0 Å². The van der Waals surface area contributed by atoms with Crippen LogP contribution in [0.2, 0.25) is 0 Å². The van der Waals surface area contributed by atoms with Crippen LogP contribution in [0.15, 0.2) is 182 Å². The van der Waals surface area contributed by atoms with Crippen LogP contribution in [0.1, 0.15) is 0 Å². The topological polar surface area (TPSA) is 43.6 Å². The fraction of sp³-hybridized carbons (Fsp3) is 0. The number of hydrogen-bond acceptors (Lipinski definition) is 3. The summed E-state index contributed by atoms with van der Waals surface area (Å²) in [4.78, 5) is 15.6. The molecule has 8 aromatic carbocycles. The average Bonchev–Trinajstić information content (AvgIpc) is 3.57. The zero-order valence-electron chi connectivity index (χ0n) is 27.6. The van der Waals surface area contributed by atoms with Crippen molar-refractivity contribution in [2.24, 2.45) is 0 Å². The molecule has 0 bridgehead atoms. The van der Waals surface area contributed by atoms with E-state index in [-0.39, 0.29) is 0 Å². The molecule has 0 saturated heterocycles. The minimum Gasteiger partial charge on any atom is -0.278 e. The van der Waals surface area contributed by atoms with Crippen LogP contribution in [0.4, 0.5) is 0 Å². The molecule has 2 heterocycles. The number of nitrogens with zero attached hydrogens (tertiary/aromatic N) is 4. The van der Waals surface area contributed by atoms with Crippen molar-refractivity contribution in [1.82, 2.24) is 19.5 Å². The summed E-state index contributed by atoms with van der Waals surface area (Å²) in [6, 6.07) is 63.9. The van der Waals surface area contributed by atoms with E-state index in [1.807, 2.05) is 12.1 Å². The van der Waals surface area contributed by atoms with E-state index >= 15 is 0 Å². The zero-order valence-corrected chi connectivity index (χ0v) is 27.6. The predicted molar refractivity (Wildman–Crippen MR) is 211 cm³/mol. The highest BCUT2D eigenvalue weighted by molar-refractivity contribution is 6.28. The molecule has 0 saturated carbocycles. The van der Waals surface area contributed by atoms with Gasteiger partial charge in [0.25, 0.3) is 0 Å². The van der Waals surface area contributed by atoms with Gasteiger partial charge in [0.2, 0.25) is 5.95 Å². The minimum absolute atomic E-state index is 0.583. The summed E-state index contributed by atoms with van der Waals surface area (Å²) in [6.45, 7) is 0. The van der Waals surface area contributed by atoms with Crippen LogP contribution in [0.25, 0.3) is 94.3 Å². The number of hydrogen-bond donors (Lipinski definition) is 0. The van der Waals surface area contributed by atoms with E-state index in [1.54, 1.807) is 0 Å².